The molecule has 1 aromatic heterocycles. The Morgan fingerprint density at radius 2 is 2.05 bits per heavy atom. The van der Waals surface area contributed by atoms with Crippen molar-refractivity contribution in [2.24, 2.45) is 0 Å². The van der Waals surface area contributed by atoms with Crippen LogP contribution in [-0.4, -0.2) is 17.1 Å². The molecule has 1 amide bonds. The van der Waals surface area contributed by atoms with E-state index in [1.165, 1.54) is 16.2 Å². The van der Waals surface area contributed by atoms with Gasteiger partial charge in [-0.15, -0.1) is 23.1 Å². The molecule has 0 aliphatic heterocycles. The molecule has 0 atom stereocenters. The number of hydrogen-bond donors (Lipinski definition) is 1. The fourth-order valence-electron chi connectivity index (χ4n) is 2.14. The minimum Gasteiger partial charge on any atom is -0.324 e. The number of amides is 1. The third kappa shape index (κ3) is 3.27. The summed E-state index contributed by atoms with van der Waals surface area (Å²) in [5.41, 5.74) is 4.21. The van der Waals surface area contributed by atoms with Crippen LogP contribution in [-0.2, 0) is 11.2 Å². The van der Waals surface area contributed by atoms with E-state index in [1.807, 2.05) is 36.6 Å². The Hall–Kier alpha value is -1.56. The van der Waals surface area contributed by atoms with Crippen LogP contribution in [0.15, 0.2) is 46.8 Å². The van der Waals surface area contributed by atoms with Crippen LogP contribution >= 0.6 is 34.7 Å². The van der Waals surface area contributed by atoms with Gasteiger partial charge in [-0.1, -0.05) is 23.7 Å². The topological polar surface area (TPSA) is 42.0 Å². The number of anilines is 1. The molecule has 112 valence electrons. The lowest BCUT2D eigenvalue weighted by Crippen LogP contribution is -2.14. The summed E-state index contributed by atoms with van der Waals surface area (Å²) >= 11 is 9.25. The molecule has 0 fully saturated rings. The second kappa shape index (κ2) is 6.69. The van der Waals surface area contributed by atoms with Gasteiger partial charge < -0.3 is 5.32 Å². The largest absolute Gasteiger partial charge is 0.324 e. The number of benzene rings is 2. The minimum absolute atomic E-state index is 0.0473. The standard InChI is InChI=1S/C16H13ClN2OS2/c1-21-11-4-2-10(3-5-11)8-14(20)19-13-7-6-12(17)15-16(13)22-9-18-15/h2-7,9H,8H2,1H3,(H,19,20). The predicted molar refractivity (Wildman–Crippen MR) is 95.2 cm³/mol. The van der Waals surface area contributed by atoms with Gasteiger partial charge in [0.2, 0.25) is 5.91 Å². The van der Waals surface area contributed by atoms with Gasteiger partial charge in [0.15, 0.2) is 0 Å². The van der Waals surface area contributed by atoms with E-state index in [-0.39, 0.29) is 5.91 Å². The number of halogens is 1. The molecule has 0 saturated heterocycles. The Balaban J connectivity index is 1.75. The van der Waals surface area contributed by atoms with Gasteiger partial charge in [-0.05, 0) is 36.1 Å². The van der Waals surface area contributed by atoms with Crippen LogP contribution in [0.5, 0.6) is 0 Å². The third-order valence-corrected chi connectivity index (χ3v) is 5.14. The molecular weight excluding hydrogens is 336 g/mol. The van der Waals surface area contributed by atoms with Crippen molar-refractivity contribution in [2.45, 2.75) is 11.3 Å². The lowest BCUT2D eigenvalue weighted by Gasteiger charge is -2.07. The number of thiazole rings is 1. The summed E-state index contributed by atoms with van der Waals surface area (Å²) in [6.07, 6.45) is 2.38. The Bertz CT molecular complexity index is 815. The van der Waals surface area contributed by atoms with Crippen molar-refractivity contribution in [2.75, 3.05) is 11.6 Å². The number of aromatic nitrogens is 1. The molecule has 3 nitrogen and oxygen atoms in total. The summed E-state index contributed by atoms with van der Waals surface area (Å²) in [5.74, 6) is -0.0473. The van der Waals surface area contributed by atoms with E-state index in [9.17, 15) is 4.79 Å². The molecule has 1 heterocycles. The summed E-state index contributed by atoms with van der Waals surface area (Å²) in [7, 11) is 0. The minimum atomic E-state index is -0.0473. The lowest BCUT2D eigenvalue weighted by molar-refractivity contribution is -0.115. The monoisotopic (exact) mass is 348 g/mol. The summed E-state index contributed by atoms with van der Waals surface area (Å²) in [4.78, 5) is 17.6. The second-order valence-corrected chi connectivity index (χ2v) is 6.84. The zero-order valence-electron chi connectivity index (χ0n) is 11.8. The van der Waals surface area contributed by atoms with Crippen molar-refractivity contribution < 1.29 is 4.79 Å². The fourth-order valence-corrected chi connectivity index (χ4v) is 3.59. The highest BCUT2D eigenvalue weighted by Crippen LogP contribution is 2.32. The second-order valence-electron chi connectivity index (χ2n) is 4.70. The summed E-state index contributed by atoms with van der Waals surface area (Å²) < 4.78 is 0.901. The Morgan fingerprint density at radius 3 is 2.77 bits per heavy atom. The Morgan fingerprint density at radius 1 is 1.27 bits per heavy atom. The number of thioether (sulfide) groups is 1. The van der Waals surface area contributed by atoms with Gasteiger partial charge in [0.25, 0.3) is 0 Å². The summed E-state index contributed by atoms with van der Waals surface area (Å²) in [5, 5.41) is 3.54. The molecule has 0 bridgehead atoms. The molecule has 3 rings (SSSR count). The lowest BCUT2D eigenvalue weighted by atomic mass is 10.1. The van der Waals surface area contributed by atoms with E-state index in [2.05, 4.69) is 10.3 Å². The van der Waals surface area contributed by atoms with Crippen LogP contribution in [0.4, 0.5) is 5.69 Å². The molecule has 0 saturated carbocycles. The van der Waals surface area contributed by atoms with E-state index in [0.717, 1.165) is 21.5 Å². The van der Waals surface area contributed by atoms with Crippen molar-refractivity contribution in [1.82, 2.24) is 4.98 Å². The quantitative estimate of drug-likeness (QED) is 0.685. The van der Waals surface area contributed by atoms with Crippen molar-refractivity contribution in [3.05, 3.63) is 52.5 Å². The number of hydrogen-bond acceptors (Lipinski definition) is 4. The van der Waals surface area contributed by atoms with Crippen LogP contribution in [0.25, 0.3) is 10.2 Å². The highest BCUT2D eigenvalue weighted by molar-refractivity contribution is 7.98. The Kier molecular flexibility index (Phi) is 4.66. The van der Waals surface area contributed by atoms with Crippen LogP contribution in [0.1, 0.15) is 5.56 Å². The maximum absolute atomic E-state index is 12.2. The van der Waals surface area contributed by atoms with Gasteiger partial charge in [0.05, 0.1) is 27.3 Å². The molecule has 2 aromatic carbocycles. The van der Waals surface area contributed by atoms with Crippen molar-refractivity contribution >= 4 is 56.5 Å². The fraction of sp³-hybridized carbons (Fsp3) is 0.125. The maximum atomic E-state index is 12.2. The number of nitrogens with one attached hydrogen (secondary N) is 1. The van der Waals surface area contributed by atoms with Gasteiger partial charge in [-0.3, -0.25) is 4.79 Å². The zero-order valence-corrected chi connectivity index (χ0v) is 14.2. The summed E-state index contributed by atoms with van der Waals surface area (Å²) in [6.45, 7) is 0. The van der Waals surface area contributed by atoms with Crippen molar-refractivity contribution in [1.29, 1.82) is 0 Å². The number of carbonyl (C=O) groups is 1. The van der Waals surface area contributed by atoms with Crippen LogP contribution in [0, 0.1) is 0 Å². The molecule has 3 aromatic rings. The first-order chi connectivity index (χ1) is 10.7. The first-order valence-corrected chi connectivity index (χ1v) is 9.10. The summed E-state index contributed by atoms with van der Waals surface area (Å²) in [6, 6.07) is 11.6. The zero-order chi connectivity index (χ0) is 15.5. The van der Waals surface area contributed by atoms with E-state index >= 15 is 0 Å². The molecule has 0 radical (unpaired) electrons. The van der Waals surface area contributed by atoms with Gasteiger partial charge in [0.1, 0.15) is 5.52 Å². The maximum Gasteiger partial charge on any atom is 0.228 e. The molecule has 22 heavy (non-hydrogen) atoms. The molecular formula is C16H13ClN2OS2. The predicted octanol–water partition coefficient (Wildman–Crippen LogP) is 4.85. The van der Waals surface area contributed by atoms with E-state index < -0.39 is 0 Å². The normalized spacial score (nSPS) is 10.8. The average Bonchev–Trinajstić information content (AvgIpc) is 3.01. The average molecular weight is 349 g/mol. The Labute approximate surface area is 141 Å². The van der Waals surface area contributed by atoms with Crippen LogP contribution < -0.4 is 5.32 Å². The van der Waals surface area contributed by atoms with Gasteiger partial charge in [-0.25, -0.2) is 4.98 Å². The first-order valence-electron chi connectivity index (χ1n) is 6.62. The van der Waals surface area contributed by atoms with Crippen molar-refractivity contribution in [3.63, 3.8) is 0 Å². The molecule has 0 spiro atoms. The van der Waals surface area contributed by atoms with Gasteiger partial charge in [-0.2, -0.15) is 0 Å². The van der Waals surface area contributed by atoms with Crippen molar-refractivity contribution in [3.8, 4) is 0 Å². The highest BCUT2D eigenvalue weighted by Gasteiger charge is 2.11. The van der Waals surface area contributed by atoms with Gasteiger partial charge in [0, 0.05) is 4.90 Å². The van der Waals surface area contributed by atoms with E-state index in [1.54, 1.807) is 23.3 Å². The van der Waals surface area contributed by atoms with Crippen LogP contribution in [0.3, 0.4) is 0 Å². The molecule has 0 aliphatic rings. The number of carbonyl (C=O) groups excluding carboxylic acids is 1. The van der Waals surface area contributed by atoms with Gasteiger partial charge >= 0.3 is 0 Å². The number of nitrogens with zero attached hydrogens (tertiary/aromatic N) is 1. The third-order valence-electron chi connectivity index (χ3n) is 3.23. The molecule has 1 N–H and O–H groups in total. The SMILES string of the molecule is CSc1ccc(CC(=O)Nc2ccc(Cl)c3ncsc23)cc1. The highest BCUT2D eigenvalue weighted by atomic mass is 35.5. The number of rotatable bonds is 4. The smallest absolute Gasteiger partial charge is 0.228 e. The van der Waals surface area contributed by atoms with Crippen LogP contribution in [0.2, 0.25) is 5.02 Å². The molecule has 6 heteroatoms. The molecule has 0 aliphatic carbocycles. The number of fused-ring (bicyclic) bond motifs is 1. The van der Waals surface area contributed by atoms with E-state index in [0.29, 0.717) is 11.4 Å². The molecule has 0 unspecified atom stereocenters. The first kappa shape index (κ1) is 15.3. The van der Waals surface area contributed by atoms with E-state index in [4.69, 9.17) is 11.6 Å².